The highest BCUT2D eigenvalue weighted by atomic mass is 32.2. The average molecular weight is 315 g/mol. The summed E-state index contributed by atoms with van der Waals surface area (Å²) in [5.74, 6) is -0.0845. The zero-order valence-electron chi connectivity index (χ0n) is 12.6. The third-order valence-electron chi connectivity index (χ3n) is 2.80. The first-order valence-electron chi connectivity index (χ1n) is 6.36. The van der Waals surface area contributed by atoms with E-state index in [-0.39, 0.29) is 17.0 Å². The minimum absolute atomic E-state index is 0.0284. The Hall–Kier alpha value is -1.64. The smallest absolute Gasteiger partial charge is 0.254 e. The highest BCUT2D eigenvalue weighted by Crippen LogP contribution is 2.22. The van der Waals surface area contributed by atoms with Gasteiger partial charge < -0.3 is 15.0 Å². The molecule has 0 radical (unpaired) electrons. The first kappa shape index (κ1) is 17.4. The Balaban J connectivity index is 3.05. The van der Waals surface area contributed by atoms with E-state index in [1.807, 2.05) is 19.0 Å². The summed E-state index contributed by atoms with van der Waals surface area (Å²) in [6.45, 7) is 0.869. The van der Waals surface area contributed by atoms with E-state index in [4.69, 9.17) is 4.74 Å². The minimum Gasteiger partial charge on any atom is -0.496 e. The molecule has 0 fully saturated rings. The molecular formula is C13H21N3O4S. The quantitative estimate of drug-likeness (QED) is 0.733. The van der Waals surface area contributed by atoms with Gasteiger partial charge in [-0.05, 0) is 32.3 Å². The number of hydrogen-bond acceptors (Lipinski definition) is 5. The lowest BCUT2D eigenvalue weighted by Crippen LogP contribution is -2.31. The lowest BCUT2D eigenvalue weighted by atomic mass is 10.2. The molecule has 0 unspecified atom stereocenters. The number of ether oxygens (including phenoxy) is 1. The average Bonchev–Trinajstić information content (AvgIpc) is 2.45. The molecule has 0 aliphatic rings. The van der Waals surface area contributed by atoms with Gasteiger partial charge in [0.1, 0.15) is 5.75 Å². The summed E-state index contributed by atoms with van der Waals surface area (Å²) in [5.41, 5.74) is 0.176. The number of carbonyl (C=O) groups excluding carboxylic acids is 1. The van der Waals surface area contributed by atoms with E-state index in [9.17, 15) is 13.2 Å². The number of likely N-dealkylation sites (N-methyl/N-ethyl adjacent to an activating group) is 1. The standard InChI is InChI=1S/C13H21N3O4S/c1-14-13(17)11-9-10(5-6-12(11)20-4)21(18,19)15-7-8-16(2)3/h5-6,9,15H,7-8H2,1-4H3,(H,14,17). The van der Waals surface area contributed by atoms with Crippen LogP contribution >= 0.6 is 0 Å². The fourth-order valence-corrected chi connectivity index (χ4v) is 2.70. The summed E-state index contributed by atoms with van der Waals surface area (Å²) in [4.78, 5) is 13.7. The number of carbonyl (C=O) groups is 1. The van der Waals surface area contributed by atoms with Crippen molar-refractivity contribution >= 4 is 15.9 Å². The van der Waals surface area contributed by atoms with Crippen LogP contribution in [0.3, 0.4) is 0 Å². The zero-order valence-corrected chi connectivity index (χ0v) is 13.5. The van der Waals surface area contributed by atoms with Gasteiger partial charge in [-0.25, -0.2) is 13.1 Å². The number of nitrogens with zero attached hydrogens (tertiary/aromatic N) is 1. The van der Waals surface area contributed by atoms with E-state index in [2.05, 4.69) is 10.0 Å². The molecule has 8 heteroatoms. The first-order valence-corrected chi connectivity index (χ1v) is 7.84. The van der Waals surface area contributed by atoms with Gasteiger partial charge in [0.25, 0.3) is 5.91 Å². The number of rotatable bonds is 7. The minimum atomic E-state index is -3.66. The summed E-state index contributed by atoms with van der Waals surface area (Å²) < 4.78 is 31.9. The molecule has 21 heavy (non-hydrogen) atoms. The number of sulfonamides is 1. The highest BCUT2D eigenvalue weighted by Gasteiger charge is 2.19. The van der Waals surface area contributed by atoms with Crippen molar-refractivity contribution in [2.75, 3.05) is 41.3 Å². The Bertz CT molecular complexity index is 599. The van der Waals surface area contributed by atoms with E-state index in [1.54, 1.807) is 0 Å². The molecule has 0 heterocycles. The third-order valence-corrected chi connectivity index (χ3v) is 4.26. The van der Waals surface area contributed by atoms with Crippen LogP contribution in [0.5, 0.6) is 5.75 Å². The monoisotopic (exact) mass is 315 g/mol. The Kier molecular flexibility index (Phi) is 6.13. The van der Waals surface area contributed by atoms with Crippen molar-refractivity contribution in [3.63, 3.8) is 0 Å². The van der Waals surface area contributed by atoms with E-state index in [0.717, 1.165) is 0 Å². The van der Waals surface area contributed by atoms with Crippen molar-refractivity contribution < 1.29 is 17.9 Å². The molecule has 7 nitrogen and oxygen atoms in total. The highest BCUT2D eigenvalue weighted by molar-refractivity contribution is 7.89. The molecule has 1 amide bonds. The maximum absolute atomic E-state index is 12.2. The second-order valence-electron chi connectivity index (χ2n) is 4.64. The number of benzene rings is 1. The van der Waals surface area contributed by atoms with Crippen LogP contribution in [-0.4, -0.2) is 60.6 Å². The van der Waals surface area contributed by atoms with Gasteiger partial charge in [-0.2, -0.15) is 0 Å². The normalized spacial score (nSPS) is 11.5. The Morgan fingerprint density at radius 3 is 2.52 bits per heavy atom. The number of nitrogens with one attached hydrogen (secondary N) is 2. The van der Waals surface area contributed by atoms with Gasteiger partial charge >= 0.3 is 0 Å². The van der Waals surface area contributed by atoms with Crippen molar-refractivity contribution in [1.82, 2.24) is 14.9 Å². The van der Waals surface area contributed by atoms with Gasteiger partial charge in [-0.3, -0.25) is 4.79 Å². The summed E-state index contributed by atoms with van der Waals surface area (Å²) >= 11 is 0. The van der Waals surface area contributed by atoms with Gasteiger partial charge in [0.15, 0.2) is 0 Å². The number of hydrogen-bond donors (Lipinski definition) is 2. The van der Waals surface area contributed by atoms with Crippen LogP contribution in [0.25, 0.3) is 0 Å². The number of amides is 1. The third kappa shape index (κ3) is 4.69. The molecule has 0 saturated carbocycles. The molecule has 1 aromatic carbocycles. The second-order valence-corrected chi connectivity index (χ2v) is 6.41. The Labute approximate surface area is 125 Å². The summed E-state index contributed by atoms with van der Waals surface area (Å²) in [7, 11) is 2.94. The van der Waals surface area contributed by atoms with Gasteiger partial charge in [-0.1, -0.05) is 0 Å². The van der Waals surface area contributed by atoms with E-state index >= 15 is 0 Å². The largest absolute Gasteiger partial charge is 0.496 e. The SMILES string of the molecule is CNC(=O)c1cc(S(=O)(=O)NCCN(C)C)ccc1OC. The Morgan fingerprint density at radius 2 is 2.00 bits per heavy atom. The molecule has 0 aromatic heterocycles. The fourth-order valence-electron chi connectivity index (χ4n) is 1.65. The molecule has 1 rings (SSSR count). The van der Waals surface area contributed by atoms with Crippen LogP contribution in [-0.2, 0) is 10.0 Å². The van der Waals surface area contributed by atoms with Crippen molar-refractivity contribution in [1.29, 1.82) is 0 Å². The second kappa shape index (κ2) is 7.39. The van der Waals surface area contributed by atoms with Crippen molar-refractivity contribution in [3.8, 4) is 5.75 Å². The van der Waals surface area contributed by atoms with E-state index in [1.165, 1.54) is 32.4 Å². The summed E-state index contributed by atoms with van der Waals surface area (Å²) in [5, 5.41) is 2.45. The van der Waals surface area contributed by atoms with Crippen molar-refractivity contribution in [3.05, 3.63) is 23.8 Å². The van der Waals surface area contributed by atoms with Gasteiger partial charge in [0.05, 0.1) is 17.6 Å². The first-order chi connectivity index (χ1) is 9.81. The maximum Gasteiger partial charge on any atom is 0.254 e. The lowest BCUT2D eigenvalue weighted by Gasteiger charge is -2.13. The van der Waals surface area contributed by atoms with Crippen LogP contribution in [0.4, 0.5) is 0 Å². The van der Waals surface area contributed by atoms with Crippen LogP contribution < -0.4 is 14.8 Å². The molecule has 0 aliphatic carbocycles. The van der Waals surface area contributed by atoms with Crippen LogP contribution in [0.1, 0.15) is 10.4 Å². The molecule has 0 spiro atoms. The van der Waals surface area contributed by atoms with Gasteiger partial charge in [0.2, 0.25) is 10.0 Å². The number of methoxy groups -OCH3 is 1. The predicted octanol–water partition coefficient (Wildman–Crippen LogP) is -0.105. The molecular weight excluding hydrogens is 294 g/mol. The molecule has 0 aliphatic heterocycles. The summed E-state index contributed by atoms with van der Waals surface area (Å²) in [6, 6.07) is 4.17. The van der Waals surface area contributed by atoms with Crippen molar-refractivity contribution in [2.24, 2.45) is 0 Å². The van der Waals surface area contributed by atoms with Gasteiger partial charge in [0, 0.05) is 20.1 Å². The maximum atomic E-state index is 12.2. The fraction of sp³-hybridized carbons (Fsp3) is 0.462. The van der Waals surface area contributed by atoms with Crippen LogP contribution in [0.15, 0.2) is 23.1 Å². The Morgan fingerprint density at radius 1 is 1.33 bits per heavy atom. The van der Waals surface area contributed by atoms with E-state index < -0.39 is 15.9 Å². The molecule has 0 bridgehead atoms. The molecule has 118 valence electrons. The predicted molar refractivity (Wildman–Crippen MR) is 80.1 cm³/mol. The molecule has 1 aromatic rings. The molecule has 2 N–H and O–H groups in total. The van der Waals surface area contributed by atoms with Crippen LogP contribution in [0, 0.1) is 0 Å². The van der Waals surface area contributed by atoms with Crippen molar-refractivity contribution in [2.45, 2.75) is 4.90 Å². The van der Waals surface area contributed by atoms with Gasteiger partial charge in [-0.15, -0.1) is 0 Å². The molecule has 0 atom stereocenters. The topological polar surface area (TPSA) is 87.7 Å². The van der Waals surface area contributed by atoms with E-state index in [0.29, 0.717) is 12.3 Å². The zero-order chi connectivity index (χ0) is 16.0. The summed E-state index contributed by atoms with van der Waals surface area (Å²) in [6.07, 6.45) is 0. The van der Waals surface area contributed by atoms with Crippen LogP contribution in [0.2, 0.25) is 0 Å². The molecule has 0 saturated heterocycles. The lowest BCUT2D eigenvalue weighted by molar-refractivity contribution is 0.0960.